The van der Waals surface area contributed by atoms with E-state index < -0.39 is 11.6 Å². The van der Waals surface area contributed by atoms with E-state index in [1.165, 1.54) is 24.3 Å². The average molecular weight is 238 g/mol. The summed E-state index contributed by atoms with van der Waals surface area (Å²) in [5, 5.41) is 18.0. The van der Waals surface area contributed by atoms with Crippen molar-refractivity contribution >= 4 is 0 Å². The van der Waals surface area contributed by atoms with Crippen LogP contribution in [0.15, 0.2) is 36.4 Å². The van der Waals surface area contributed by atoms with Gasteiger partial charge < -0.3 is 14.9 Å². The van der Waals surface area contributed by atoms with Gasteiger partial charge in [0, 0.05) is 12.1 Å². The predicted octanol–water partition coefficient (Wildman–Crippen LogP) is 3.17. The van der Waals surface area contributed by atoms with Crippen LogP contribution < -0.4 is 4.74 Å². The molecular weight excluding hydrogens is 230 g/mol. The molecule has 0 saturated heterocycles. The van der Waals surface area contributed by atoms with Crippen molar-refractivity contribution in [3.05, 3.63) is 48.0 Å². The van der Waals surface area contributed by atoms with Crippen LogP contribution in [0.5, 0.6) is 23.0 Å². The van der Waals surface area contributed by atoms with Gasteiger partial charge in [0.15, 0.2) is 23.1 Å². The van der Waals surface area contributed by atoms with Crippen molar-refractivity contribution in [3.8, 4) is 23.0 Å². The zero-order valence-electron chi connectivity index (χ0n) is 8.52. The van der Waals surface area contributed by atoms with Crippen molar-refractivity contribution in [1.29, 1.82) is 0 Å². The molecule has 2 aromatic carbocycles. The van der Waals surface area contributed by atoms with Crippen molar-refractivity contribution in [2.45, 2.75) is 0 Å². The van der Waals surface area contributed by atoms with E-state index in [4.69, 9.17) is 14.9 Å². The summed E-state index contributed by atoms with van der Waals surface area (Å²) in [4.78, 5) is 0. The van der Waals surface area contributed by atoms with Crippen molar-refractivity contribution in [2.75, 3.05) is 0 Å². The minimum Gasteiger partial charge on any atom is -0.508 e. The number of phenols is 2. The van der Waals surface area contributed by atoms with Crippen LogP contribution in [0.25, 0.3) is 0 Å². The summed E-state index contributed by atoms with van der Waals surface area (Å²) in [7, 11) is 0. The molecular formula is C12H8F2O3. The molecule has 2 rings (SSSR count). The molecule has 0 aliphatic heterocycles. The normalized spacial score (nSPS) is 10.2. The second kappa shape index (κ2) is 4.29. The first kappa shape index (κ1) is 11.2. The molecule has 0 bridgehead atoms. The monoisotopic (exact) mass is 238 g/mol. The zero-order chi connectivity index (χ0) is 12.4. The Morgan fingerprint density at radius 2 is 1.18 bits per heavy atom. The van der Waals surface area contributed by atoms with Gasteiger partial charge in [-0.15, -0.1) is 0 Å². The number of hydrogen-bond acceptors (Lipinski definition) is 3. The SMILES string of the molecule is Oc1ccc(Oc2ccc(O)cc2F)c(F)c1. The molecule has 2 N–H and O–H groups in total. The van der Waals surface area contributed by atoms with Gasteiger partial charge in [-0.25, -0.2) is 8.78 Å². The van der Waals surface area contributed by atoms with E-state index in [2.05, 4.69) is 0 Å². The van der Waals surface area contributed by atoms with E-state index in [1.54, 1.807) is 0 Å². The number of benzene rings is 2. The highest BCUT2D eigenvalue weighted by Gasteiger charge is 2.09. The third-order valence-corrected chi connectivity index (χ3v) is 2.05. The Labute approximate surface area is 95.5 Å². The molecule has 0 spiro atoms. The Kier molecular flexibility index (Phi) is 2.82. The van der Waals surface area contributed by atoms with Gasteiger partial charge in [0.1, 0.15) is 11.5 Å². The van der Waals surface area contributed by atoms with Gasteiger partial charge >= 0.3 is 0 Å². The zero-order valence-corrected chi connectivity index (χ0v) is 8.52. The number of hydrogen-bond donors (Lipinski definition) is 2. The first-order valence-electron chi connectivity index (χ1n) is 4.71. The standard InChI is InChI=1S/C12H8F2O3/c13-9-5-7(15)1-3-11(9)17-12-4-2-8(16)6-10(12)14/h1-6,15-16H. The molecule has 0 radical (unpaired) electrons. The van der Waals surface area contributed by atoms with Crippen LogP contribution >= 0.6 is 0 Å². The smallest absolute Gasteiger partial charge is 0.169 e. The summed E-state index contributed by atoms with van der Waals surface area (Å²) in [5.74, 6) is -2.54. The predicted molar refractivity (Wildman–Crippen MR) is 56.2 cm³/mol. The van der Waals surface area contributed by atoms with E-state index in [0.717, 1.165) is 12.1 Å². The number of rotatable bonds is 2. The molecule has 0 heterocycles. The molecule has 0 atom stereocenters. The summed E-state index contributed by atoms with van der Waals surface area (Å²) in [5.41, 5.74) is 0. The summed E-state index contributed by atoms with van der Waals surface area (Å²) < 4.78 is 31.6. The molecule has 0 aromatic heterocycles. The van der Waals surface area contributed by atoms with E-state index in [-0.39, 0.29) is 23.0 Å². The van der Waals surface area contributed by atoms with Gasteiger partial charge in [0.25, 0.3) is 0 Å². The Hall–Kier alpha value is -2.30. The van der Waals surface area contributed by atoms with Crippen molar-refractivity contribution in [3.63, 3.8) is 0 Å². The molecule has 17 heavy (non-hydrogen) atoms. The fourth-order valence-electron chi connectivity index (χ4n) is 1.26. The van der Waals surface area contributed by atoms with Gasteiger partial charge in [0.05, 0.1) is 0 Å². The first-order valence-corrected chi connectivity index (χ1v) is 4.71. The highest BCUT2D eigenvalue weighted by atomic mass is 19.1. The molecule has 0 saturated carbocycles. The van der Waals surface area contributed by atoms with E-state index >= 15 is 0 Å². The fourth-order valence-corrected chi connectivity index (χ4v) is 1.26. The minimum absolute atomic E-state index is 0.215. The maximum Gasteiger partial charge on any atom is 0.169 e. The lowest BCUT2D eigenvalue weighted by Crippen LogP contribution is -1.90. The topological polar surface area (TPSA) is 49.7 Å². The third kappa shape index (κ3) is 2.44. The quantitative estimate of drug-likeness (QED) is 0.844. The fraction of sp³-hybridized carbons (Fsp3) is 0. The van der Waals surface area contributed by atoms with Gasteiger partial charge in [-0.1, -0.05) is 0 Å². The second-order valence-corrected chi connectivity index (χ2v) is 3.33. The first-order chi connectivity index (χ1) is 8.06. The van der Waals surface area contributed by atoms with Crippen LogP contribution in [0.4, 0.5) is 8.78 Å². The average Bonchev–Trinajstić information content (AvgIpc) is 2.25. The van der Waals surface area contributed by atoms with Gasteiger partial charge in [-0.05, 0) is 24.3 Å². The van der Waals surface area contributed by atoms with Crippen LogP contribution in [-0.4, -0.2) is 10.2 Å². The summed E-state index contributed by atoms with van der Waals surface area (Å²) in [6.07, 6.45) is 0. The molecule has 0 unspecified atom stereocenters. The number of ether oxygens (including phenoxy) is 1. The minimum atomic E-state index is -0.808. The maximum absolute atomic E-state index is 13.3. The van der Waals surface area contributed by atoms with E-state index in [0.29, 0.717) is 0 Å². The molecule has 88 valence electrons. The lowest BCUT2D eigenvalue weighted by molar-refractivity contribution is 0.404. The van der Waals surface area contributed by atoms with Crippen LogP contribution in [-0.2, 0) is 0 Å². The Bertz CT molecular complexity index is 506. The molecule has 5 heteroatoms. The summed E-state index contributed by atoms with van der Waals surface area (Å²) in [6.45, 7) is 0. The highest BCUT2D eigenvalue weighted by molar-refractivity contribution is 5.38. The lowest BCUT2D eigenvalue weighted by atomic mass is 10.3. The van der Waals surface area contributed by atoms with Gasteiger partial charge in [-0.3, -0.25) is 0 Å². The van der Waals surface area contributed by atoms with Crippen molar-refractivity contribution in [2.24, 2.45) is 0 Å². The van der Waals surface area contributed by atoms with Gasteiger partial charge in [-0.2, -0.15) is 0 Å². The maximum atomic E-state index is 13.3. The van der Waals surface area contributed by atoms with Gasteiger partial charge in [0.2, 0.25) is 0 Å². The van der Waals surface area contributed by atoms with E-state index in [1.807, 2.05) is 0 Å². The summed E-state index contributed by atoms with van der Waals surface area (Å²) >= 11 is 0. The Morgan fingerprint density at radius 1 is 0.765 bits per heavy atom. The molecule has 0 fully saturated rings. The van der Waals surface area contributed by atoms with Crippen LogP contribution in [0.1, 0.15) is 0 Å². The third-order valence-electron chi connectivity index (χ3n) is 2.05. The molecule has 0 aliphatic carbocycles. The molecule has 0 amide bonds. The molecule has 0 aliphatic rings. The lowest BCUT2D eigenvalue weighted by Gasteiger charge is -2.07. The van der Waals surface area contributed by atoms with Crippen LogP contribution in [0.3, 0.4) is 0 Å². The number of aromatic hydroxyl groups is 2. The highest BCUT2D eigenvalue weighted by Crippen LogP contribution is 2.30. The molecule has 3 nitrogen and oxygen atoms in total. The molecule has 2 aromatic rings. The second-order valence-electron chi connectivity index (χ2n) is 3.33. The number of phenolic OH excluding ortho intramolecular Hbond substituents is 2. The van der Waals surface area contributed by atoms with Crippen LogP contribution in [0, 0.1) is 11.6 Å². The summed E-state index contributed by atoms with van der Waals surface area (Å²) in [6, 6.07) is 6.50. The van der Waals surface area contributed by atoms with E-state index in [9.17, 15) is 8.78 Å². The largest absolute Gasteiger partial charge is 0.508 e. The Balaban J connectivity index is 2.31. The number of halogens is 2. The van der Waals surface area contributed by atoms with Crippen molar-refractivity contribution < 1.29 is 23.7 Å². The van der Waals surface area contributed by atoms with Crippen molar-refractivity contribution in [1.82, 2.24) is 0 Å². The van der Waals surface area contributed by atoms with Crippen LogP contribution in [0.2, 0.25) is 0 Å². The Morgan fingerprint density at radius 3 is 1.53 bits per heavy atom.